The molecule has 0 N–H and O–H groups in total. The van der Waals surface area contributed by atoms with Gasteiger partial charge in [0.05, 0.1) is 12.8 Å². The summed E-state index contributed by atoms with van der Waals surface area (Å²) >= 11 is 0. The SMILES string of the molecule is C=CCCCP(=O)(OCCC)Oc1ccccc1. The summed E-state index contributed by atoms with van der Waals surface area (Å²) in [6.07, 6.45) is 4.64. The number of unbranched alkanes of at least 4 members (excludes halogenated alkanes) is 1. The maximum atomic E-state index is 12.5. The molecular formula is C14H21O3P. The third-order valence-electron chi connectivity index (χ3n) is 2.32. The van der Waals surface area contributed by atoms with E-state index in [2.05, 4.69) is 6.58 Å². The topological polar surface area (TPSA) is 35.5 Å². The summed E-state index contributed by atoms with van der Waals surface area (Å²) in [5, 5.41) is 0. The van der Waals surface area contributed by atoms with E-state index in [9.17, 15) is 4.57 Å². The van der Waals surface area contributed by atoms with Crippen molar-refractivity contribution in [3.63, 3.8) is 0 Å². The number of allylic oxidation sites excluding steroid dienone is 1. The fourth-order valence-corrected chi connectivity index (χ4v) is 3.18. The molecule has 3 nitrogen and oxygen atoms in total. The minimum absolute atomic E-state index is 0.425. The highest BCUT2D eigenvalue weighted by Gasteiger charge is 2.25. The lowest BCUT2D eigenvalue weighted by Crippen LogP contribution is -2.03. The standard InChI is InChI=1S/C14H21O3P/c1-3-5-9-13-18(15,16-12-4-2)17-14-10-7-6-8-11-14/h3,6-8,10-11H,1,4-5,9,12-13H2,2H3. The Kier molecular flexibility index (Phi) is 6.77. The fraction of sp³-hybridized carbons (Fsp3) is 0.429. The zero-order valence-corrected chi connectivity index (χ0v) is 11.8. The summed E-state index contributed by atoms with van der Waals surface area (Å²) in [4.78, 5) is 0. The zero-order valence-electron chi connectivity index (χ0n) is 10.9. The van der Waals surface area contributed by atoms with Gasteiger partial charge in [-0.05, 0) is 31.4 Å². The molecule has 0 spiro atoms. The van der Waals surface area contributed by atoms with E-state index in [-0.39, 0.29) is 0 Å². The average molecular weight is 268 g/mol. The number of para-hydroxylation sites is 1. The van der Waals surface area contributed by atoms with Crippen LogP contribution in [-0.2, 0) is 9.09 Å². The third kappa shape index (κ3) is 5.52. The van der Waals surface area contributed by atoms with Crippen molar-refractivity contribution >= 4 is 7.60 Å². The molecule has 1 unspecified atom stereocenters. The van der Waals surface area contributed by atoms with Crippen LogP contribution in [0.5, 0.6) is 5.75 Å². The van der Waals surface area contributed by atoms with E-state index in [4.69, 9.17) is 9.05 Å². The second-order valence-electron chi connectivity index (χ2n) is 4.00. The molecule has 0 saturated carbocycles. The van der Waals surface area contributed by atoms with Crippen molar-refractivity contribution in [1.82, 2.24) is 0 Å². The molecule has 4 heteroatoms. The van der Waals surface area contributed by atoms with E-state index in [1.165, 1.54) is 0 Å². The summed E-state index contributed by atoms with van der Waals surface area (Å²) in [5.74, 6) is 0.593. The average Bonchev–Trinajstić information content (AvgIpc) is 2.38. The van der Waals surface area contributed by atoms with Crippen LogP contribution in [0, 0.1) is 0 Å². The highest BCUT2D eigenvalue weighted by atomic mass is 31.2. The van der Waals surface area contributed by atoms with Gasteiger partial charge in [0.15, 0.2) is 0 Å². The van der Waals surface area contributed by atoms with E-state index >= 15 is 0 Å². The van der Waals surface area contributed by atoms with Gasteiger partial charge in [-0.25, -0.2) is 4.57 Å². The second-order valence-corrected chi connectivity index (χ2v) is 6.11. The van der Waals surface area contributed by atoms with Crippen LogP contribution in [-0.4, -0.2) is 12.8 Å². The number of hydrogen-bond acceptors (Lipinski definition) is 3. The van der Waals surface area contributed by atoms with Crippen molar-refractivity contribution in [3.05, 3.63) is 43.0 Å². The largest absolute Gasteiger partial charge is 0.424 e. The molecule has 0 amide bonds. The van der Waals surface area contributed by atoms with E-state index in [0.717, 1.165) is 19.3 Å². The highest BCUT2D eigenvalue weighted by molar-refractivity contribution is 7.54. The first-order valence-electron chi connectivity index (χ1n) is 6.29. The smallest absolute Gasteiger partial charge is 0.379 e. The Labute approximate surface area is 109 Å². The van der Waals surface area contributed by atoms with E-state index < -0.39 is 7.60 Å². The molecule has 0 aromatic heterocycles. The Morgan fingerprint density at radius 1 is 1.33 bits per heavy atom. The lowest BCUT2D eigenvalue weighted by molar-refractivity contribution is 0.264. The van der Waals surface area contributed by atoms with Crippen molar-refractivity contribution in [2.24, 2.45) is 0 Å². The maximum absolute atomic E-state index is 12.5. The molecule has 1 aromatic rings. The third-order valence-corrected chi connectivity index (χ3v) is 4.25. The first-order chi connectivity index (χ1) is 8.70. The molecule has 0 radical (unpaired) electrons. The van der Waals surface area contributed by atoms with E-state index in [1.807, 2.05) is 31.2 Å². The van der Waals surface area contributed by atoms with Crippen LogP contribution < -0.4 is 4.52 Å². The molecule has 1 aromatic carbocycles. The second kappa shape index (κ2) is 8.12. The molecule has 1 atom stereocenters. The van der Waals surface area contributed by atoms with Crippen LogP contribution in [0.15, 0.2) is 43.0 Å². The molecule has 0 aliphatic carbocycles. The van der Waals surface area contributed by atoms with Gasteiger partial charge in [-0.15, -0.1) is 6.58 Å². The summed E-state index contributed by atoms with van der Waals surface area (Å²) < 4.78 is 23.5. The van der Waals surface area contributed by atoms with Crippen LogP contribution in [0.4, 0.5) is 0 Å². The Hall–Kier alpha value is -1.05. The summed E-state index contributed by atoms with van der Waals surface area (Å²) in [6.45, 7) is 6.09. The molecule has 0 heterocycles. The Morgan fingerprint density at radius 2 is 2.06 bits per heavy atom. The van der Waals surface area contributed by atoms with Gasteiger partial charge in [0.2, 0.25) is 0 Å². The van der Waals surface area contributed by atoms with Crippen LogP contribution in [0.2, 0.25) is 0 Å². The molecule has 0 aliphatic rings. The van der Waals surface area contributed by atoms with Crippen molar-refractivity contribution in [3.8, 4) is 5.75 Å². The molecule has 0 bridgehead atoms. The lowest BCUT2D eigenvalue weighted by Gasteiger charge is -2.18. The van der Waals surface area contributed by atoms with E-state index in [0.29, 0.717) is 18.5 Å². The molecule has 0 aliphatic heterocycles. The Bertz CT molecular complexity index is 389. The normalized spacial score (nSPS) is 13.8. The van der Waals surface area contributed by atoms with Gasteiger partial charge in [-0.1, -0.05) is 31.2 Å². The fourth-order valence-electron chi connectivity index (χ4n) is 1.44. The molecular weight excluding hydrogens is 247 g/mol. The maximum Gasteiger partial charge on any atom is 0.379 e. The Morgan fingerprint density at radius 3 is 2.67 bits per heavy atom. The van der Waals surface area contributed by atoms with Gasteiger partial charge in [-0.2, -0.15) is 0 Å². The summed E-state index contributed by atoms with van der Waals surface area (Å²) in [7, 11) is -3.04. The molecule has 1 rings (SSSR count). The van der Waals surface area contributed by atoms with Crippen LogP contribution in [0.3, 0.4) is 0 Å². The first kappa shape index (κ1) is 15.0. The monoisotopic (exact) mass is 268 g/mol. The van der Waals surface area contributed by atoms with Crippen molar-refractivity contribution in [1.29, 1.82) is 0 Å². The van der Waals surface area contributed by atoms with Crippen LogP contribution in [0.1, 0.15) is 26.2 Å². The molecule has 0 saturated heterocycles. The van der Waals surface area contributed by atoms with Crippen molar-refractivity contribution in [2.75, 3.05) is 12.8 Å². The minimum atomic E-state index is -3.04. The summed E-state index contributed by atoms with van der Waals surface area (Å²) in [6, 6.07) is 9.17. The zero-order chi connectivity index (χ0) is 13.3. The van der Waals surface area contributed by atoms with Gasteiger partial charge < -0.3 is 4.52 Å². The number of rotatable bonds is 9. The molecule has 0 fully saturated rings. The predicted octanol–water partition coefficient (Wildman–Crippen LogP) is 4.65. The first-order valence-corrected chi connectivity index (χ1v) is 8.02. The van der Waals surface area contributed by atoms with Gasteiger partial charge >= 0.3 is 7.60 Å². The van der Waals surface area contributed by atoms with Crippen LogP contribution >= 0.6 is 7.60 Å². The number of hydrogen-bond donors (Lipinski definition) is 0. The molecule has 100 valence electrons. The molecule has 18 heavy (non-hydrogen) atoms. The lowest BCUT2D eigenvalue weighted by atomic mass is 10.3. The van der Waals surface area contributed by atoms with Gasteiger partial charge in [0.25, 0.3) is 0 Å². The van der Waals surface area contributed by atoms with Crippen LogP contribution in [0.25, 0.3) is 0 Å². The minimum Gasteiger partial charge on any atom is -0.424 e. The van der Waals surface area contributed by atoms with Crippen molar-refractivity contribution < 1.29 is 13.6 Å². The van der Waals surface area contributed by atoms with E-state index in [1.54, 1.807) is 12.1 Å². The highest BCUT2D eigenvalue weighted by Crippen LogP contribution is 2.49. The van der Waals surface area contributed by atoms with Gasteiger partial charge in [-0.3, -0.25) is 4.52 Å². The van der Waals surface area contributed by atoms with Crippen molar-refractivity contribution in [2.45, 2.75) is 26.2 Å². The van der Waals surface area contributed by atoms with Gasteiger partial charge in [0, 0.05) is 0 Å². The summed E-state index contributed by atoms with van der Waals surface area (Å²) in [5.41, 5.74) is 0. The predicted molar refractivity (Wildman–Crippen MR) is 75.2 cm³/mol. The Balaban J connectivity index is 2.64. The van der Waals surface area contributed by atoms with Gasteiger partial charge in [0.1, 0.15) is 5.75 Å². The number of benzene rings is 1. The quantitative estimate of drug-likeness (QED) is 0.371.